The second-order valence-electron chi connectivity index (χ2n) is 5.97. The van der Waals surface area contributed by atoms with Crippen LogP contribution in [0, 0.1) is 5.41 Å². The van der Waals surface area contributed by atoms with E-state index in [1.54, 1.807) is 0 Å². The van der Waals surface area contributed by atoms with Crippen LogP contribution in [0.1, 0.15) is 39.7 Å². The number of aryl methyl sites for hydroxylation is 2. The minimum absolute atomic E-state index is 0.0603. The van der Waals surface area contributed by atoms with E-state index in [0.29, 0.717) is 6.61 Å². The van der Waals surface area contributed by atoms with Crippen molar-refractivity contribution in [2.75, 3.05) is 6.61 Å². The Morgan fingerprint density at radius 1 is 1.44 bits per heavy atom. The van der Waals surface area contributed by atoms with E-state index in [1.807, 2.05) is 31.0 Å². The minimum Gasteiger partial charge on any atom is -0.376 e. The van der Waals surface area contributed by atoms with Gasteiger partial charge in [0.25, 0.3) is 0 Å². The fourth-order valence-corrected chi connectivity index (χ4v) is 2.28. The van der Waals surface area contributed by atoms with E-state index in [1.165, 1.54) is 5.56 Å². The van der Waals surface area contributed by atoms with Crippen molar-refractivity contribution in [1.82, 2.24) is 9.78 Å². The number of nitrogens with two attached hydrogens (primary N) is 1. The van der Waals surface area contributed by atoms with Gasteiger partial charge in [-0.2, -0.15) is 5.10 Å². The highest BCUT2D eigenvalue weighted by molar-refractivity contribution is 5.04. The van der Waals surface area contributed by atoms with Gasteiger partial charge in [-0.05, 0) is 30.7 Å². The third kappa shape index (κ3) is 4.42. The first-order chi connectivity index (χ1) is 8.34. The zero-order valence-electron chi connectivity index (χ0n) is 12.3. The molecule has 0 amide bonds. The van der Waals surface area contributed by atoms with E-state index in [9.17, 15) is 0 Å². The second-order valence-corrected chi connectivity index (χ2v) is 5.97. The lowest BCUT2D eigenvalue weighted by Gasteiger charge is -2.35. The molecule has 0 saturated carbocycles. The Bertz CT molecular complexity index is 354. The van der Waals surface area contributed by atoms with Crippen molar-refractivity contribution in [1.29, 1.82) is 0 Å². The topological polar surface area (TPSA) is 53.1 Å². The molecule has 0 aliphatic heterocycles. The van der Waals surface area contributed by atoms with Gasteiger partial charge in [0.15, 0.2) is 0 Å². The highest BCUT2D eigenvalue weighted by Crippen LogP contribution is 2.26. The van der Waals surface area contributed by atoms with Crippen LogP contribution in [0.3, 0.4) is 0 Å². The summed E-state index contributed by atoms with van der Waals surface area (Å²) < 4.78 is 7.64. The van der Waals surface area contributed by atoms with Crippen molar-refractivity contribution in [2.24, 2.45) is 18.2 Å². The number of ether oxygens (including phenoxy) is 1. The van der Waals surface area contributed by atoms with E-state index in [0.717, 1.165) is 12.8 Å². The molecule has 1 aromatic heterocycles. The van der Waals surface area contributed by atoms with E-state index in [2.05, 4.69) is 25.9 Å². The summed E-state index contributed by atoms with van der Waals surface area (Å²) in [5.41, 5.74) is 7.60. The molecule has 1 heterocycles. The third-order valence-corrected chi connectivity index (χ3v) is 3.11. The molecule has 2 atom stereocenters. The summed E-state index contributed by atoms with van der Waals surface area (Å²) in [7, 11) is 1.93. The number of hydrogen-bond acceptors (Lipinski definition) is 3. The predicted octanol–water partition coefficient (Wildman–Crippen LogP) is 2.13. The predicted molar refractivity (Wildman–Crippen MR) is 74.4 cm³/mol. The maximum absolute atomic E-state index is 6.29. The zero-order valence-corrected chi connectivity index (χ0v) is 12.3. The average molecular weight is 253 g/mol. The fraction of sp³-hybridized carbons (Fsp3) is 0.786. The van der Waals surface area contributed by atoms with Gasteiger partial charge in [-0.3, -0.25) is 4.68 Å². The van der Waals surface area contributed by atoms with Crippen LogP contribution in [0.25, 0.3) is 0 Å². The molecular weight excluding hydrogens is 226 g/mol. The van der Waals surface area contributed by atoms with Crippen LogP contribution < -0.4 is 5.73 Å². The van der Waals surface area contributed by atoms with E-state index >= 15 is 0 Å². The zero-order chi connectivity index (χ0) is 13.8. The van der Waals surface area contributed by atoms with Crippen molar-refractivity contribution in [3.8, 4) is 0 Å². The van der Waals surface area contributed by atoms with Gasteiger partial charge in [0.05, 0.1) is 12.3 Å². The van der Waals surface area contributed by atoms with Crippen LogP contribution in [0.5, 0.6) is 0 Å². The van der Waals surface area contributed by atoms with Crippen molar-refractivity contribution in [3.63, 3.8) is 0 Å². The molecule has 1 aromatic rings. The van der Waals surface area contributed by atoms with Crippen LogP contribution in [-0.2, 0) is 18.2 Å². The molecule has 0 saturated heterocycles. The Morgan fingerprint density at radius 3 is 2.56 bits per heavy atom. The summed E-state index contributed by atoms with van der Waals surface area (Å²) >= 11 is 0. The smallest absolute Gasteiger partial charge is 0.0773 e. The molecule has 4 nitrogen and oxygen atoms in total. The lowest BCUT2D eigenvalue weighted by Crippen LogP contribution is -2.45. The van der Waals surface area contributed by atoms with Crippen molar-refractivity contribution < 1.29 is 4.74 Å². The van der Waals surface area contributed by atoms with Crippen LogP contribution in [0.4, 0.5) is 0 Å². The molecule has 1 rings (SSSR count). The monoisotopic (exact) mass is 253 g/mol. The second kappa shape index (κ2) is 6.34. The minimum atomic E-state index is 0.0603. The molecule has 0 aromatic carbocycles. The van der Waals surface area contributed by atoms with Gasteiger partial charge < -0.3 is 10.5 Å². The molecule has 0 aliphatic carbocycles. The summed E-state index contributed by atoms with van der Waals surface area (Å²) in [4.78, 5) is 0. The lowest BCUT2D eigenvalue weighted by atomic mass is 9.83. The highest BCUT2D eigenvalue weighted by Gasteiger charge is 2.30. The summed E-state index contributed by atoms with van der Waals surface area (Å²) in [5, 5.41) is 4.17. The Morgan fingerprint density at radius 2 is 2.11 bits per heavy atom. The number of hydrogen-bond donors (Lipinski definition) is 1. The Kier molecular flexibility index (Phi) is 5.35. The largest absolute Gasteiger partial charge is 0.376 e. The number of aromatic nitrogens is 2. The number of nitrogens with zero attached hydrogens (tertiary/aromatic N) is 2. The number of rotatable bonds is 6. The summed E-state index contributed by atoms with van der Waals surface area (Å²) in [5.74, 6) is 0. The van der Waals surface area contributed by atoms with Crippen molar-refractivity contribution in [2.45, 2.75) is 52.7 Å². The molecular formula is C14H27N3O. The average Bonchev–Trinajstić information content (AvgIpc) is 2.67. The molecule has 2 N–H and O–H groups in total. The van der Waals surface area contributed by atoms with Crippen LogP contribution in [0.2, 0.25) is 0 Å². The SMILES string of the molecule is CCOC(C(N)CCc1cnn(C)c1)C(C)(C)C. The van der Waals surface area contributed by atoms with E-state index in [-0.39, 0.29) is 17.6 Å². The maximum atomic E-state index is 6.29. The summed E-state index contributed by atoms with van der Waals surface area (Å²) in [6, 6.07) is 0.0603. The Hall–Kier alpha value is -0.870. The fourth-order valence-electron chi connectivity index (χ4n) is 2.28. The quantitative estimate of drug-likeness (QED) is 0.845. The van der Waals surface area contributed by atoms with Gasteiger partial charge >= 0.3 is 0 Å². The van der Waals surface area contributed by atoms with Crippen molar-refractivity contribution in [3.05, 3.63) is 18.0 Å². The van der Waals surface area contributed by atoms with E-state index < -0.39 is 0 Å². The summed E-state index contributed by atoms with van der Waals surface area (Å²) in [6.45, 7) is 9.26. The Labute approximate surface area is 111 Å². The van der Waals surface area contributed by atoms with Gasteiger partial charge in [0.1, 0.15) is 0 Å². The highest BCUT2D eigenvalue weighted by atomic mass is 16.5. The molecule has 0 bridgehead atoms. The molecule has 0 aliphatic rings. The molecule has 0 radical (unpaired) electrons. The van der Waals surface area contributed by atoms with Crippen molar-refractivity contribution >= 4 is 0 Å². The first-order valence-electron chi connectivity index (χ1n) is 6.69. The van der Waals surface area contributed by atoms with Gasteiger partial charge in [-0.15, -0.1) is 0 Å². The van der Waals surface area contributed by atoms with Crippen LogP contribution in [-0.4, -0.2) is 28.5 Å². The normalized spacial score (nSPS) is 15.7. The third-order valence-electron chi connectivity index (χ3n) is 3.11. The van der Waals surface area contributed by atoms with Crippen LogP contribution >= 0.6 is 0 Å². The molecule has 4 heteroatoms. The molecule has 18 heavy (non-hydrogen) atoms. The van der Waals surface area contributed by atoms with E-state index in [4.69, 9.17) is 10.5 Å². The molecule has 2 unspecified atom stereocenters. The van der Waals surface area contributed by atoms with Gasteiger partial charge in [0.2, 0.25) is 0 Å². The van der Waals surface area contributed by atoms with Crippen LogP contribution in [0.15, 0.2) is 12.4 Å². The first kappa shape index (κ1) is 15.2. The summed E-state index contributed by atoms with van der Waals surface area (Å²) in [6.07, 6.45) is 5.92. The Balaban J connectivity index is 2.53. The maximum Gasteiger partial charge on any atom is 0.0773 e. The molecule has 0 spiro atoms. The van der Waals surface area contributed by atoms with Gasteiger partial charge in [-0.25, -0.2) is 0 Å². The lowest BCUT2D eigenvalue weighted by molar-refractivity contribution is -0.0290. The molecule has 0 fully saturated rings. The first-order valence-corrected chi connectivity index (χ1v) is 6.69. The standard InChI is InChI=1S/C14H27N3O/c1-6-18-13(14(2,3)4)12(15)8-7-11-9-16-17(5)10-11/h9-10,12-13H,6-8,15H2,1-5H3. The van der Waals surface area contributed by atoms with Gasteiger partial charge in [-0.1, -0.05) is 20.8 Å². The van der Waals surface area contributed by atoms with Gasteiger partial charge in [0, 0.05) is 25.9 Å². The molecule has 104 valence electrons.